The van der Waals surface area contributed by atoms with E-state index in [2.05, 4.69) is 21.3 Å². The first-order chi connectivity index (χ1) is 8.86. The maximum atomic E-state index is 9.12. The number of nitrogens with zero attached hydrogens (tertiary/aromatic N) is 4. The van der Waals surface area contributed by atoms with Crippen molar-refractivity contribution in [2.45, 2.75) is 12.6 Å². The quantitative estimate of drug-likeness (QED) is 0.838. The third-order valence-electron chi connectivity index (χ3n) is 3.28. The molecule has 3 heterocycles. The van der Waals surface area contributed by atoms with Crippen molar-refractivity contribution in [3.8, 4) is 6.07 Å². The minimum absolute atomic E-state index is 0.0523. The number of piperazine rings is 1. The average Bonchev–Trinajstić information content (AvgIpc) is 2.81. The number of fused-ring (bicyclic) bond motifs is 1. The lowest BCUT2D eigenvalue weighted by Gasteiger charge is -2.31. The van der Waals surface area contributed by atoms with E-state index in [0.29, 0.717) is 0 Å². The fraction of sp³-hybridized carbons (Fsp3) is 0.385. The Kier molecular flexibility index (Phi) is 2.97. The normalized spacial score (nSPS) is 20.9. The van der Waals surface area contributed by atoms with Crippen LogP contribution in [0.2, 0.25) is 0 Å². The van der Waals surface area contributed by atoms with Crippen LogP contribution in [-0.2, 0) is 6.54 Å². The summed E-state index contributed by atoms with van der Waals surface area (Å²) in [4.78, 5) is 6.75. The molecule has 1 fully saturated rings. The summed E-state index contributed by atoms with van der Waals surface area (Å²) in [6, 6.07) is 8.24. The van der Waals surface area contributed by atoms with E-state index in [1.54, 1.807) is 0 Å². The fourth-order valence-corrected chi connectivity index (χ4v) is 2.33. The topological polar surface area (TPSA) is 56.4 Å². The summed E-state index contributed by atoms with van der Waals surface area (Å²) in [7, 11) is 0. The number of nitriles is 1. The second kappa shape index (κ2) is 4.77. The Balaban J connectivity index is 1.81. The molecule has 0 amide bonds. The van der Waals surface area contributed by atoms with E-state index in [9.17, 15) is 0 Å². The molecule has 1 saturated heterocycles. The first kappa shape index (κ1) is 11.2. The molecule has 3 rings (SSSR count). The van der Waals surface area contributed by atoms with Crippen LogP contribution in [0.3, 0.4) is 0 Å². The lowest BCUT2D eigenvalue weighted by Crippen LogP contribution is -2.50. The molecule has 1 aliphatic rings. The fourth-order valence-electron chi connectivity index (χ4n) is 2.33. The third-order valence-corrected chi connectivity index (χ3v) is 3.28. The minimum atomic E-state index is -0.0523. The Morgan fingerprint density at radius 3 is 3.28 bits per heavy atom. The van der Waals surface area contributed by atoms with E-state index < -0.39 is 0 Å². The SMILES string of the molecule is N#CC1CNCCN1Cc1cn2ccccc2n1. The molecule has 5 nitrogen and oxygen atoms in total. The summed E-state index contributed by atoms with van der Waals surface area (Å²) >= 11 is 0. The van der Waals surface area contributed by atoms with Gasteiger partial charge in [-0.3, -0.25) is 4.90 Å². The lowest BCUT2D eigenvalue weighted by atomic mass is 10.2. The predicted molar refractivity (Wildman–Crippen MR) is 67.9 cm³/mol. The van der Waals surface area contributed by atoms with Crippen molar-refractivity contribution in [1.82, 2.24) is 19.6 Å². The zero-order chi connectivity index (χ0) is 12.4. The van der Waals surface area contributed by atoms with Gasteiger partial charge in [0.2, 0.25) is 0 Å². The van der Waals surface area contributed by atoms with E-state index in [1.165, 1.54) is 0 Å². The second-order valence-corrected chi connectivity index (χ2v) is 4.52. The van der Waals surface area contributed by atoms with Gasteiger partial charge in [-0.25, -0.2) is 4.98 Å². The molecule has 0 radical (unpaired) electrons. The van der Waals surface area contributed by atoms with E-state index in [-0.39, 0.29) is 6.04 Å². The van der Waals surface area contributed by atoms with Crippen LogP contribution >= 0.6 is 0 Å². The minimum Gasteiger partial charge on any atom is -0.313 e. The maximum Gasteiger partial charge on any atom is 0.137 e. The summed E-state index contributed by atoms with van der Waals surface area (Å²) in [5, 5.41) is 12.4. The van der Waals surface area contributed by atoms with Crippen molar-refractivity contribution in [2.75, 3.05) is 19.6 Å². The average molecular weight is 241 g/mol. The molecule has 18 heavy (non-hydrogen) atoms. The molecule has 2 aromatic heterocycles. The Hall–Kier alpha value is -1.90. The molecule has 0 bridgehead atoms. The molecule has 0 aromatic carbocycles. The highest BCUT2D eigenvalue weighted by molar-refractivity contribution is 5.39. The number of pyridine rings is 1. The molecule has 1 aliphatic heterocycles. The van der Waals surface area contributed by atoms with Gasteiger partial charge in [0.1, 0.15) is 11.7 Å². The summed E-state index contributed by atoms with van der Waals surface area (Å²) in [6.07, 6.45) is 4.02. The summed E-state index contributed by atoms with van der Waals surface area (Å²) < 4.78 is 2.01. The van der Waals surface area contributed by atoms with Gasteiger partial charge in [-0.1, -0.05) is 6.07 Å². The monoisotopic (exact) mass is 241 g/mol. The van der Waals surface area contributed by atoms with Crippen LogP contribution in [0.4, 0.5) is 0 Å². The number of aromatic nitrogens is 2. The van der Waals surface area contributed by atoms with E-state index >= 15 is 0 Å². The Morgan fingerprint density at radius 2 is 2.44 bits per heavy atom. The van der Waals surface area contributed by atoms with Gasteiger partial charge in [0.05, 0.1) is 11.8 Å². The largest absolute Gasteiger partial charge is 0.313 e. The van der Waals surface area contributed by atoms with Crippen LogP contribution in [-0.4, -0.2) is 40.0 Å². The molecule has 1 atom stereocenters. The van der Waals surface area contributed by atoms with Gasteiger partial charge < -0.3 is 9.72 Å². The smallest absolute Gasteiger partial charge is 0.137 e. The highest BCUT2D eigenvalue weighted by Gasteiger charge is 2.22. The van der Waals surface area contributed by atoms with Crippen LogP contribution in [0.1, 0.15) is 5.69 Å². The molecule has 92 valence electrons. The predicted octanol–water partition coefficient (Wildman–Crippen LogP) is 0.632. The van der Waals surface area contributed by atoms with Crippen molar-refractivity contribution in [1.29, 1.82) is 5.26 Å². The number of imidazole rings is 1. The van der Waals surface area contributed by atoms with Crippen molar-refractivity contribution >= 4 is 5.65 Å². The van der Waals surface area contributed by atoms with Gasteiger partial charge in [-0.05, 0) is 12.1 Å². The Morgan fingerprint density at radius 1 is 1.50 bits per heavy atom. The van der Waals surface area contributed by atoms with Crippen molar-refractivity contribution < 1.29 is 0 Å². The second-order valence-electron chi connectivity index (χ2n) is 4.52. The molecule has 0 aliphatic carbocycles. The number of hydrogen-bond donors (Lipinski definition) is 1. The van der Waals surface area contributed by atoms with Gasteiger partial charge in [-0.2, -0.15) is 5.26 Å². The first-order valence-electron chi connectivity index (χ1n) is 6.14. The zero-order valence-electron chi connectivity index (χ0n) is 10.1. The molecule has 1 unspecified atom stereocenters. The highest BCUT2D eigenvalue weighted by Crippen LogP contribution is 2.10. The molecule has 0 saturated carbocycles. The van der Waals surface area contributed by atoms with E-state index in [1.807, 2.05) is 35.0 Å². The van der Waals surface area contributed by atoms with E-state index in [4.69, 9.17) is 5.26 Å². The number of nitrogens with one attached hydrogen (secondary N) is 1. The van der Waals surface area contributed by atoms with Gasteiger partial charge in [0.15, 0.2) is 0 Å². The maximum absolute atomic E-state index is 9.12. The molecular weight excluding hydrogens is 226 g/mol. The van der Waals surface area contributed by atoms with Crippen LogP contribution < -0.4 is 5.32 Å². The molecule has 1 N–H and O–H groups in total. The van der Waals surface area contributed by atoms with Crippen LogP contribution in [0, 0.1) is 11.3 Å². The standard InChI is InChI=1S/C13H15N5/c14-7-12-8-15-4-6-17(12)9-11-10-18-5-2-1-3-13(18)16-11/h1-3,5,10,12,15H,4,6,8-9H2. The van der Waals surface area contributed by atoms with Crippen LogP contribution in [0.25, 0.3) is 5.65 Å². The summed E-state index contributed by atoms with van der Waals surface area (Å²) in [6.45, 7) is 3.31. The first-order valence-corrected chi connectivity index (χ1v) is 6.14. The molecule has 2 aromatic rings. The summed E-state index contributed by atoms with van der Waals surface area (Å²) in [5.74, 6) is 0. The van der Waals surface area contributed by atoms with Gasteiger partial charge in [-0.15, -0.1) is 0 Å². The Labute approximate surface area is 106 Å². The van der Waals surface area contributed by atoms with E-state index in [0.717, 1.165) is 37.5 Å². The van der Waals surface area contributed by atoms with Crippen LogP contribution in [0.15, 0.2) is 30.6 Å². The van der Waals surface area contributed by atoms with Crippen molar-refractivity contribution in [2.24, 2.45) is 0 Å². The van der Waals surface area contributed by atoms with Gasteiger partial charge in [0.25, 0.3) is 0 Å². The zero-order valence-corrected chi connectivity index (χ0v) is 10.1. The molecule has 0 spiro atoms. The van der Waals surface area contributed by atoms with Crippen molar-refractivity contribution in [3.63, 3.8) is 0 Å². The molecule has 5 heteroatoms. The van der Waals surface area contributed by atoms with Crippen LogP contribution in [0.5, 0.6) is 0 Å². The highest BCUT2D eigenvalue weighted by atomic mass is 15.2. The molecular formula is C13H15N5. The van der Waals surface area contributed by atoms with Gasteiger partial charge in [0, 0.05) is 38.6 Å². The Bertz CT molecular complexity index is 549. The summed E-state index contributed by atoms with van der Waals surface area (Å²) in [5.41, 5.74) is 1.97. The van der Waals surface area contributed by atoms with Gasteiger partial charge >= 0.3 is 0 Å². The number of rotatable bonds is 2. The third kappa shape index (κ3) is 2.08. The van der Waals surface area contributed by atoms with Crippen molar-refractivity contribution in [3.05, 3.63) is 36.3 Å². The number of hydrogen-bond acceptors (Lipinski definition) is 4. The lowest BCUT2D eigenvalue weighted by molar-refractivity contribution is 0.187.